The lowest BCUT2D eigenvalue weighted by Gasteiger charge is -2.07. The Bertz CT molecular complexity index is 543. The van der Waals surface area contributed by atoms with E-state index in [1.807, 2.05) is 0 Å². The van der Waals surface area contributed by atoms with Crippen molar-refractivity contribution in [2.45, 2.75) is 0 Å². The van der Waals surface area contributed by atoms with Gasteiger partial charge in [0.2, 0.25) is 0 Å². The van der Waals surface area contributed by atoms with Gasteiger partial charge in [0, 0.05) is 12.4 Å². The minimum atomic E-state index is -0.443. The fourth-order valence-corrected chi connectivity index (χ4v) is 1.34. The summed E-state index contributed by atoms with van der Waals surface area (Å²) in [6, 6.07) is 7.08. The summed E-state index contributed by atoms with van der Waals surface area (Å²) < 4.78 is 12.8. The minimum absolute atomic E-state index is 0.183. The lowest BCUT2D eigenvalue weighted by Crippen LogP contribution is -2.13. The molecule has 0 atom stereocenters. The molecule has 5 heteroatoms. The van der Waals surface area contributed by atoms with Gasteiger partial charge >= 0.3 is 0 Å². The molecule has 1 amide bonds. The van der Waals surface area contributed by atoms with E-state index in [0.717, 1.165) is 6.07 Å². The number of pyridine rings is 1. The van der Waals surface area contributed by atoms with E-state index in [2.05, 4.69) is 10.3 Å². The molecule has 2 aromatic rings. The Morgan fingerprint density at radius 3 is 2.82 bits per heavy atom. The SMILES string of the molecule is Nc1cc(F)ccc1NC(=O)c1cccnc1. The maximum Gasteiger partial charge on any atom is 0.257 e. The van der Waals surface area contributed by atoms with Crippen LogP contribution in [0.3, 0.4) is 0 Å². The quantitative estimate of drug-likeness (QED) is 0.777. The van der Waals surface area contributed by atoms with Gasteiger partial charge in [-0.1, -0.05) is 0 Å². The van der Waals surface area contributed by atoms with Crippen LogP contribution < -0.4 is 11.1 Å². The second-order valence-electron chi connectivity index (χ2n) is 3.43. The minimum Gasteiger partial charge on any atom is -0.397 e. The predicted octanol–water partition coefficient (Wildman–Crippen LogP) is 2.06. The number of amides is 1. The van der Waals surface area contributed by atoms with E-state index in [4.69, 9.17) is 5.73 Å². The maximum atomic E-state index is 12.8. The van der Waals surface area contributed by atoms with Crippen LogP contribution in [0, 0.1) is 5.82 Å². The monoisotopic (exact) mass is 231 g/mol. The molecule has 0 unspecified atom stereocenters. The number of nitrogens with zero attached hydrogens (tertiary/aromatic N) is 1. The Hall–Kier alpha value is -2.43. The second kappa shape index (κ2) is 4.61. The number of nitrogens with one attached hydrogen (secondary N) is 1. The molecule has 3 N–H and O–H groups in total. The van der Waals surface area contributed by atoms with Crippen molar-refractivity contribution in [3.05, 3.63) is 54.1 Å². The van der Waals surface area contributed by atoms with Crippen LogP contribution in [0.4, 0.5) is 15.8 Å². The maximum absolute atomic E-state index is 12.8. The third kappa shape index (κ3) is 2.57. The standard InChI is InChI=1S/C12H10FN3O/c13-9-3-4-11(10(14)6-9)16-12(17)8-2-1-5-15-7-8/h1-7H,14H2,(H,16,17). The van der Waals surface area contributed by atoms with E-state index in [9.17, 15) is 9.18 Å². The van der Waals surface area contributed by atoms with Crippen molar-refractivity contribution in [2.24, 2.45) is 0 Å². The number of aromatic nitrogens is 1. The molecule has 0 spiro atoms. The topological polar surface area (TPSA) is 68.0 Å². The molecule has 0 aliphatic carbocycles. The Balaban J connectivity index is 2.19. The van der Waals surface area contributed by atoms with Crippen molar-refractivity contribution in [3.8, 4) is 0 Å². The molecule has 0 bridgehead atoms. The van der Waals surface area contributed by atoms with Crippen molar-refractivity contribution in [1.82, 2.24) is 4.98 Å². The van der Waals surface area contributed by atoms with E-state index in [1.54, 1.807) is 18.3 Å². The molecule has 86 valence electrons. The number of hydrogen-bond donors (Lipinski definition) is 2. The third-order valence-electron chi connectivity index (χ3n) is 2.19. The summed E-state index contributed by atoms with van der Waals surface area (Å²) in [7, 11) is 0. The number of hydrogen-bond acceptors (Lipinski definition) is 3. The molecule has 0 aliphatic heterocycles. The van der Waals surface area contributed by atoms with Crippen LogP contribution in [0.1, 0.15) is 10.4 Å². The lowest BCUT2D eigenvalue weighted by molar-refractivity contribution is 0.102. The van der Waals surface area contributed by atoms with Crippen LogP contribution in [0.25, 0.3) is 0 Å². The molecule has 0 aliphatic rings. The lowest BCUT2D eigenvalue weighted by atomic mass is 10.2. The number of nitrogens with two attached hydrogens (primary N) is 1. The number of rotatable bonds is 2. The number of nitrogen functional groups attached to an aromatic ring is 1. The molecule has 0 saturated carbocycles. The van der Waals surface area contributed by atoms with Crippen LogP contribution in [0.5, 0.6) is 0 Å². The van der Waals surface area contributed by atoms with Gasteiger partial charge in [-0.3, -0.25) is 9.78 Å². The Morgan fingerprint density at radius 2 is 2.18 bits per heavy atom. The van der Waals surface area contributed by atoms with E-state index in [0.29, 0.717) is 11.3 Å². The van der Waals surface area contributed by atoms with Gasteiger partial charge in [0.25, 0.3) is 5.91 Å². The number of anilines is 2. The highest BCUT2D eigenvalue weighted by Crippen LogP contribution is 2.19. The second-order valence-corrected chi connectivity index (χ2v) is 3.43. The number of carbonyl (C=O) groups excluding carboxylic acids is 1. The molecule has 0 radical (unpaired) electrons. The first-order chi connectivity index (χ1) is 8.16. The molecule has 17 heavy (non-hydrogen) atoms. The Kier molecular flexibility index (Phi) is 3.00. The van der Waals surface area contributed by atoms with Crippen molar-refractivity contribution < 1.29 is 9.18 Å². The number of benzene rings is 1. The molecule has 1 aromatic heterocycles. The summed E-state index contributed by atoms with van der Waals surface area (Å²) in [6.07, 6.45) is 3.01. The summed E-state index contributed by atoms with van der Waals surface area (Å²) >= 11 is 0. The van der Waals surface area contributed by atoms with Crippen molar-refractivity contribution in [1.29, 1.82) is 0 Å². The van der Waals surface area contributed by atoms with Gasteiger partial charge in [0.1, 0.15) is 5.82 Å². The smallest absolute Gasteiger partial charge is 0.257 e. The number of halogens is 1. The van der Waals surface area contributed by atoms with Crippen molar-refractivity contribution in [2.75, 3.05) is 11.1 Å². The first kappa shape index (κ1) is 11.1. The van der Waals surface area contributed by atoms with Gasteiger partial charge in [0.15, 0.2) is 0 Å². The van der Waals surface area contributed by atoms with E-state index in [1.165, 1.54) is 18.3 Å². The van der Waals surface area contributed by atoms with E-state index >= 15 is 0 Å². The van der Waals surface area contributed by atoms with Gasteiger partial charge in [0.05, 0.1) is 16.9 Å². The summed E-state index contributed by atoms with van der Waals surface area (Å²) in [5, 5.41) is 2.58. The van der Waals surface area contributed by atoms with Crippen LogP contribution in [-0.2, 0) is 0 Å². The zero-order valence-electron chi connectivity index (χ0n) is 8.85. The van der Waals surface area contributed by atoms with Gasteiger partial charge in [-0.25, -0.2) is 4.39 Å². The van der Waals surface area contributed by atoms with E-state index in [-0.39, 0.29) is 11.6 Å². The summed E-state index contributed by atoms with van der Waals surface area (Å²) in [6.45, 7) is 0. The summed E-state index contributed by atoms with van der Waals surface area (Å²) in [4.78, 5) is 15.6. The van der Waals surface area contributed by atoms with Crippen LogP contribution in [-0.4, -0.2) is 10.9 Å². The zero-order chi connectivity index (χ0) is 12.3. The molecule has 0 saturated heterocycles. The van der Waals surface area contributed by atoms with Gasteiger partial charge < -0.3 is 11.1 Å². The highest BCUT2D eigenvalue weighted by Gasteiger charge is 2.08. The Labute approximate surface area is 97.3 Å². The van der Waals surface area contributed by atoms with E-state index < -0.39 is 5.82 Å². The van der Waals surface area contributed by atoms with Gasteiger partial charge in [-0.05, 0) is 30.3 Å². The van der Waals surface area contributed by atoms with Crippen LogP contribution in [0.15, 0.2) is 42.7 Å². The van der Waals surface area contributed by atoms with Gasteiger partial charge in [-0.2, -0.15) is 0 Å². The average molecular weight is 231 g/mol. The average Bonchev–Trinajstić information content (AvgIpc) is 2.34. The third-order valence-corrected chi connectivity index (χ3v) is 2.19. The van der Waals surface area contributed by atoms with Crippen LogP contribution >= 0.6 is 0 Å². The highest BCUT2D eigenvalue weighted by molar-refractivity contribution is 6.05. The normalized spacial score (nSPS) is 9.94. The van der Waals surface area contributed by atoms with Gasteiger partial charge in [-0.15, -0.1) is 0 Å². The Morgan fingerprint density at radius 1 is 1.35 bits per heavy atom. The fraction of sp³-hybridized carbons (Fsp3) is 0. The largest absolute Gasteiger partial charge is 0.397 e. The molecule has 1 aromatic carbocycles. The predicted molar refractivity (Wildman–Crippen MR) is 63.0 cm³/mol. The van der Waals surface area contributed by atoms with Crippen LogP contribution in [0.2, 0.25) is 0 Å². The molecule has 4 nitrogen and oxygen atoms in total. The number of carbonyl (C=O) groups is 1. The first-order valence-corrected chi connectivity index (χ1v) is 4.93. The molecule has 1 heterocycles. The molecular formula is C12H10FN3O. The summed E-state index contributed by atoms with van der Waals surface area (Å²) in [5.74, 6) is -0.779. The zero-order valence-corrected chi connectivity index (χ0v) is 8.85. The molecular weight excluding hydrogens is 221 g/mol. The fourth-order valence-electron chi connectivity index (χ4n) is 1.34. The van der Waals surface area contributed by atoms with Crippen molar-refractivity contribution in [3.63, 3.8) is 0 Å². The molecule has 2 rings (SSSR count). The molecule has 0 fully saturated rings. The first-order valence-electron chi connectivity index (χ1n) is 4.93. The highest BCUT2D eigenvalue weighted by atomic mass is 19.1. The summed E-state index contributed by atoms with van der Waals surface area (Å²) in [5.41, 5.74) is 6.55. The van der Waals surface area contributed by atoms with Crippen molar-refractivity contribution >= 4 is 17.3 Å².